The summed E-state index contributed by atoms with van der Waals surface area (Å²) >= 11 is 0. The molecule has 0 aromatic heterocycles. The number of carbonyl (C=O) groups excluding carboxylic acids is 1. The fraction of sp³-hybridized carbons (Fsp3) is 0.650. The number of hydrogen-bond donors (Lipinski definition) is 1. The van der Waals surface area contributed by atoms with E-state index in [2.05, 4.69) is 5.32 Å². The lowest BCUT2D eigenvalue weighted by molar-refractivity contribution is -0.127. The maximum atomic E-state index is 12.9. The van der Waals surface area contributed by atoms with Crippen molar-refractivity contribution in [3.63, 3.8) is 0 Å². The lowest BCUT2D eigenvalue weighted by Crippen LogP contribution is -2.47. The van der Waals surface area contributed by atoms with Gasteiger partial charge in [-0.05, 0) is 44.6 Å². The Hall–Kier alpha value is -1.60. The van der Waals surface area contributed by atoms with Gasteiger partial charge in [0.05, 0.1) is 12.3 Å². The Morgan fingerprint density at radius 2 is 1.85 bits per heavy atom. The molecule has 1 amide bonds. The minimum absolute atomic E-state index is 0.0338. The van der Waals surface area contributed by atoms with E-state index in [9.17, 15) is 13.2 Å². The monoisotopic (exact) mass is 392 g/mol. The Morgan fingerprint density at radius 1 is 1.19 bits per heavy atom. The van der Waals surface area contributed by atoms with E-state index in [1.54, 1.807) is 0 Å². The lowest BCUT2D eigenvalue weighted by Gasteiger charge is -2.41. The van der Waals surface area contributed by atoms with Gasteiger partial charge in [0.25, 0.3) is 0 Å². The number of hydrogen-bond acceptors (Lipinski definition) is 4. The van der Waals surface area contributed by atoms with Gasteiger partial charge in [-0.3, -0.25) is 4.79 Å². The highest BCUT2D eigenvalue weighted by molar-refractivity contribution is 7.88. The summed E-state index contributed by atoms with van der Waals surface area (Å²) in [5, 5.41) is 3.26. The molecule has 3 aliphatic rings. The first kappa shape index (κ1) is 18.7. The molecule has 4 rings (SSSR count). The van der Waals surface area contributed by atoms with Crippen LogP contribution in [0.3, 0.4) is 0 Å². The first-order chi connectivity index (χ1) is 12.9. The summed E-state index contributed by atoms with van der Waals surface area (Å²) < 4.78 is 31.2. The van der Waals surface area contributed by atoms with Gasteiger partial charge in [-0.15, -0.1) is 0 Å². The molecule has 2 heterocycles. The summed E-state index contributed by atoms with van der Waals surface area (Å²) in [6, 6.07) is 7.96. The zero-order chi connectivity index (χ0) is 19.1. The molecule has 0 unspecified atom stereocenters. The van der Waals surface area contributed by atoms with Crippen molar-refractivity contribution in [3.05, 3.63) is 29.8 Å². The van der Waals surface area contributed by atoms with Crippen LogP contribution in [0.25, 0.3) is 0 Å². The number of carbonyl (C=O) groups is 1. The number of piperidine rings is 1. The predicted octanol–water partition coefficient (Wildman–Crippen LogP) is 2.61. The van der Waals surface area contributed by atoms with Gasteiger partial charge < -0.3 is 10.1 Å². The van der Waals surface area contributed by atoms with Crippen LogP contribution in [-0.2, 0) is 14.8 Å². The summed E-state index contributed by atoms with van der Waals surface area (Å²) in [5.41, 5.74) is 0.906. The number of rotatable bonds is 3. The van der Waals surface area contributed by atoms with Crippen molar-refractivity contribution < 1.29 is 17.9 Å². The average molecular weight is 393 g/mol. The van der Waals surface area contributed by atoms with Crippen LogP contribution in [0.4, 0.5) is 0 Å². The van der Waals surface area contributed by atoms with E-state index >= 15 is 0 Å². The van der Waals surface area contributed by atoms with E-state index in [0.29, 0.717) is 25.9 Å². The highest BCUT2D eigenvalue weighted by atomic mass is 32.2. The average Bonchev–Trinajstić information content (AvgIpc) is 3.08. The van der Waals surface area contributed by atoms with Gasteiger partial charge in [-0.1, -0.05) is 18.2 Å². The molecular weight excluding hydrogens is 364 g/mol. The van der Waals surface area contributed by atoms with Gasteiger partial charge >= 0.3 is 0 Å². The van der Waals surface area contributed by atoms with E-state index in [4.69, 9.17) is 4.74 Å². The normalized spacial score (nSPS) is 25.7. The first-order valence-electron chi connectivity index (χ1n) is 9.90. The maximum absolute atomic E-state index is 12.9. The van der Waals surface area contributed by atoms with Gasteiger partial charge in [0, 0.05) is 31.0 Å². The van der Waals surface area contributed by atoms with Crippen molar-refractivity contribution >= 4 is 15.9 Å². The number of nitrogens with one attached hydrogen (secondary N) is 1. The summed E-state index contributed by atoms with van der Waals surface area (Å²) in [5.74, 6) is 0.804. The van der Waals surface area contributed by atoms with Crippen LogP contribution in [0.15, 0.2) is 24.3 Å². The van der Waals surface area contributed by atoms with Gasteiger partial charge in [-0.2, -0.15) is 0 Å². The molecule has 148 valence electrons. The number of para-hydroxylation sites is 1. The van der Waals surface area contributed by atoms with Gasteiger partial charge in [0.15, 0.2) is 0 Å². The molecule has 1 aromatic carbocycles. The minimum atomic E-state index is -3.17. The topological polar surface area (TPSA) is 75.7 Å². The second-order valence-corrected chi connectivity index (χ2v) is 10.2. The van der Waals surface area contributed by atoms with Crippen molar-refractivity contribution in [2.75, 3.05) is 19.3 Å². The fourth-order valence-electron chi connectivity index (χ4n) is 4.81. The third-order valence-corrected chi connectivity index (χ3v) is 7.63. The van der Waals surface area contributed by atoms with E-state index in [0.717, 1.165) is 30.6 Å². The Labute approximate surface area is 161 Å². The van der Waals surface area contributed by atoms with Crippen LogP contribution in [0.5, 0.6) is 5.75 Å². The molecular formula is C20H28N2O4S. The number of amides is 1. The van der Waals surface area contributed by atoms with Crippen molar-refractivity contribution in [3.8, 4) is 5.75 Å². The number of benzene rings is 1. The fourth-order valence-corrected chi connectivity index (χ4v) is 5.69. The zero-order valence-electron chi connectivity index (χ0n) is 15.8. The zero-order valence-corrected chi connectivity index (χ0v) is 16.6. The molecule has 1 aromatic rings. The molecule has 1 N–H and O–H groups in total. The van der Waals surface area contributed by atoms with Crippen LogP contribution in [0, 0.1) is 5.92 Å². The van der Waals surface area contributed by atoms with Gasteiger partial charge in [0.1, 0.15) is 11.4 Å². The van der Waals surface area contributed by atoms with E-state index < -0.39 is 10.0 Å². The van der Waals surface area contributed by atoms with E-state index in [-0.39, 0.29) is 23.5 Å². The molecule has 1 spiro atoms. The van der Waals surface area contributed by atoms with E-state index in [1.807, 2.05) is 24.3 Å². The van der Waals surface area contributed by atoms with Crippen molar-refractivity contribution in [1.29, 1.82) is 0 Å². The van der Waals surface area contributed by atoms with Crippen LogP contribution in [0.1, 0.15) is 56.6 Å². The highest BCUT2D eigenvalue weighted by Gasteiger charge is 2.44. The third kappa shape index (κ3) is 3.85. The Balaban J connectivity index is 1.46. The summed E-state index contributed by atoms with van der Waals surface area (Å²) in [6.45, 7) is 0.844. The molecule has 6 nitrogen and oxygen atoms in total. The minimum Gasteiger partial charge on any atom is -0.487 e. The standard InChI is InChI=1S/C20H28N2O4S/c1-27(24,25)22-12-8-15(9-13-22)19(23)21-17-14-20(10-4-5-11-20)26-18-7-3-2-6-16(17)18/h2-3,6-7,15,17H,4-5,8-14H2,1H3,(H,21,23)/t17-/m1/s1. The predicted molar refractivity (Wildman–Crippen MR) is 103 cm³/mol. The molecule has 7 heteroatoms. The molecule has 1 saturated carbocycles. The first-order valence-corrected chi connectivity index (χ1v) is 11.7. The van der Waals surface area contributed by atoms with Crippen molar-refractivity contribution in [2.24, 2.45) is 5.92 Å². The van der Waals surface area contributed by atoms with Crippen molar-refractivity contribution in [1.82, 2.24) is 9.62 Å². The molecule has 2 fully saturated rings. The SMILES string of the molecule is CS(=O)(=O)N1CCC(C(=O)N[C@@H]2CC3(CCCC3)Oc3ccccc32)CC1. The third-order valence-electron chi connectivity index (χ3n) is 6.32. The Bertz CT molecular complexity index is 809. The second kappa shape index (κ2) is 7.09. The smallest absolute Gasteiger partial charge is 0.223 e. The molecule has 0 radical (unpaired) electrons. The molecule has 1 atom stereocenters. The number of ether oxygens (including phenoxy) is 1. The Kier molecular flexibility index (Phi) is 4.93. The second-order valence-electron chi connectivity index (χ2n) is 8.23. The number of sulfonamides is 1. The molecule has 0 bridgehead atoms. The summed E-state index contributed by atoms with van der Waals surface area (Å²) in [4.78, 5) is 12.9. The molecule has 1 saturated heterocycles. The maximum Gasteiger partial charge on any atom is 0.223 e. The molecule has 2 aliphatic heterocycles. The highest BCUT2D eigenvalue weighted by Crippen LogP contribution is 2.47. The van der Waals surface area contributed by atoms with Gasteiger partial charge in [0.2, 0.25) is 15.9 Å². The van der Waals surface area contributed by atoms with Crippen molar-refractivity contribution in [2.45, 2.75) is 56.6 Å². The summed E-state index contributed by atoms with van der Waals surface area (Å²) in [6.07, 6.45) is 7.63. The van der Waals surface area contributed by atoms with Gasteiger partial charge in [-0.25, -0.2) is 12.7 Å². The number of nitrogens with zero attached hydrogens (tertiary/aromatic N) is 1. The number of fused-ring (bicyclic) bond motifs is 1. The largest absolute Gasteiger partial charge is 0.487 e. The lowest BCUT2D eigenvalue weighted by atomic mass is 9.85. The van der Waals surface area contributed by atoms with Crippen LogP contribution < -0.4 is 10.1 Å². The Morgan fingerprint density at radius 3 is 2.52 bits per heavy atom. The van der Waals surface area contributed by atoms with Crippen LogP contribution >= 0.6 is 0 Å². The molecule has 1 aliphatic carbocycles. The molecule has 27 heavy (non-hydrogen) atoms. The van der Waals surface area contributed by atoms with E-state index in [1.165, 1.54) is 23.4 Å². The summed E-state index contributed by atoms with van der Waals surface area (Å²) in [7, 11) is -3.17. The van der Waals surface area contributed by atoms with Crippen LogP contribution in [0.2, 0.25) is 0 Å². The van der Waals surface area contributed by atoms with Crippen LogP contribution in [-0.4, -0.2) is 43.6 Å². The quantitative estimate of drug-likeness (QED) is 0.858.